The Labute approximate surface area is 238 Å². The largest absolute Gasteiger partial charge is 0.506 e. The van der Waals surface area contributed by atoms with E-state index >= 15 is 4.39 Å². The van der Waals surface area contributed by atoms with Gasteiger partial charge in [-0.1, -0.05) is 50.2 Å². The van der Waals surface area contributed by atoms with Gasteiger partial charge in [-0.25, -0.2) is 4.39 Å². The maximum absolute atomic E-state index is 16.1. The third-order valence-electron chi connectivity index (χ3n) is 7.96. The van der Waals surface area contributed by atoms with E-state index < -0.39 is 18.0 Å². The highest BCUT2D eigenvalue weighted by atomic mass is 19.1. The molecule has 0 radical (unpaired) electrons. The SMILES string of the molecule is CC1(C)CC(=O)C2=C(C1)Nc1c(O)cccc1N(C(=O)C1CCCO1)[C@H]2c1ccc(OCc2ccccc2)cc1F. The number of hydrogen-bond donors (Lipinski definition) is 2. The Kier molecular flexibility index (Phi) is 7.03. The minimum atomic E-state index is -1.07. The molecule has 0 spiro atoms. The number of amides is 1. The molecule has 0 saturated carbocycles. The number of nitrogens with zero attached hydrogens (tertiary/aromatic N) is 1. The number of ketones is 1. The Morgan fingerprint density at radius 3 is 2.66 bits per heavy atom. The van der Waals surface area contributed by atoms with Gasteiger partial charge in [-0.2, -0.15) is 0 Å². The van der Waals surface area contributed by atoms with Crippen molar-refractivity contribution >= 4 is 23.1 Å². The van der Waals surface area contributed by atoms with Crippen LogP contribution in [0.4, 0.5) is 15.8 Å². The molecule has 3 aromatic rings. The minimum absolute atomic E-state index is 0.0684. The van der Waals surface area contributed by atoms with Gasteiger partial charge in [-0.05, 0) is 54.5 Å². The Morgan fingerprint density at radius 2 is 1.93 bits per heavy atom. The Bertz CT molecular complexity index is 1530. The van der Waals surface area contributed by atoms with Crippen LogP contribution < -0.4 is 15.0 Å². The smallest absolute Gasteiger partial charge is 0.257 e. The van der Waals surface area contributed by atoms with Gasteiger partial charge in [0.25, 0.3) is 5.91 Å². The standard InChI is InChI=1S/C33H33FN2O5/c1-33(2)17-24-29(27(38)18-33)31(22-14-13-21(16-23(22)34)41-19-20-8-4-3-5-9-20)36(32(39)28-12-7-15-40-28)25-10-6-11-26(37)30(25)35-24/h3-6,8-11,13-14,16,28,31,35,37H,7,12,15,17-19H2,1-2H3/t28?,31-/m0/s1. The number of para-hydroxylation sites is 1. The lowest BCUT2D eigenvalue weighted by Crippen LogP contribution is -2.44. The number of benzene rings is 3. The number of aromatic hydroxyl groups is 1. The third-order valence-corrected chi connectivity index (χ3v) is 7.96. The lowest BCUT2D eigenvalue weighted by Gasteiger charge is -2.37. The number of fused-ring (bicyclic) bond motifs is 1. The second-order valence-corrected chi connectivity index (χ2v) is 11.7. The van der Waals surface area contributed by atoms with Gasteiger partial charge in [-0.3, -0.25) is 14.5 Å². The van der Waals surface area contributed by atoms with Crippen LogP contribution in [0.5, 0.6) is 11.5 Å². The molecule has 41 heavy (non-hydrogen) atoms. The molecular formula is C33H33FN2O5. The quantitative estimate of drug-likeness (QED) is 0.352. The summed E-state index contributed by atoms with van der Waals surface area (Å²) >= 11 is 0. The van der Waals surface area contributed by atoms with Crippen LogP contribution in [0, 0.1) is 11.2 Å². The predicted octanol–water partition coefficient (Wildman–Crippen LogP) is 6.43. The first-order valence-corrected chi connectivity index (χ1v) is 14.0. The lowest BCUT2D eigenvalue weighted by atomic mass is 9.73. The van der Waals surface area contributed by atoms with Crippen LogP contribution in [0.15, 0.2) is 78.0 Å². The Hall–Kier alpha value is -4.17. The van der Waals surface area contributed by atoms with Gasteiger partial charge in [0.15, 0.2) is 5.78 Å². The number of ether oxygens (including phenoxy) is 2. The van der Waals surface area contributed by atoms with Gasteiger partial charge >= 0.3 is 0 Å². The second-order valence-electron chi connectivity index (χ2n) is 11.7. The maximum Gasteiger partial charge on any atom is 0.257 e. The van der Waals surface area contributed by atoms with E-state index in [-0.39, 0.29) is 41.4 Å². The average Bonchev–Trinajstić information content (AvgIpc) is 3.43. The summed E-state index contributed by atoms with van der Waals surface area (Å²) in [6, 6.07) is 17.9. The number of Topliss-reactive ketones (excluding diaryl/α,β-unsaturated/α-hetero) is 1. The molecule has 3 aliphatic rings. The Balaban J connectivity index is 1.49. The lowest BCUT2D eigenvalue weighted by molar-refractivity contribution is -0.127. The number of allylic oxidation sites excluding steroid dienone is 1. The molecule has 3 aromatic carbocycles. The zero-order valence-electron chi connectivity index (χ0n) is 23.2. The summed E-state index contributed by atoms with van der Waals surface area (Å²) in [5.41, 5.74) is 2.32. The van der Waals surface area contributed by atoms with Crippen LogP contribution in [0.2, 0.25) is 0 Å². The van der Waals surface area contributed by atoms with Crippen LogP contribution in [0.25, 0.3) is 0 Å². The van der Waals surface area contributed by atoms with Crippen molar-refractivity contribution in [2.24, 2.45) is 5.41 Å². The fourth-order valence-electron chi connectivity index (χ4n) is 6.07. The van der Waals surface area contributed by atoms with E-state index in [1.54, 1.807) is 24.3 Å². The van der Waals surface area contributed by atoms with Gasteiger partial charge in [-0.15, -0.1) is 0 Å². The molecule has 1 amide bonds. The summed E-state index contributed by atoms with van der Waals surface area (Å²) in [6.07, 6.45) is 1.24. The van der Waals surface area contributed by atoms with Crippen LogP contribution >= 0.6 is 0 Å². The fourth-order valence-corrected chi connectivity index (χ4v) is 6.07. The molecule has 0 aromatic heterocycles. The number of nitrogens with one attached hydrogen (secondary N) is 1. The molecule has 1 fully saturated rings. The summed E-state index contributed by atoms with van der Waals surface area (Å²) in [7, 11) is 0. The van der Waals surface area contributed by atoms with Crippen LogP contribution in [-0.2, 0) is 20.9 Å². The first kappa shape index (κ1) is 27.0. The van der Waals surface area contributed by atoms with Crippen LogP contribution in [0.1, 0.15) is 56.7 Å². The predicted molar refractivity (Wildman–Crippen MR) is 153 cm³/mol. The molecule has 8 heteroatoms. The van der Waals surface area contributed by atoms with E-state index in [0.717, 1.165) is 12.0 Å². The van der Waals surface area contributed by atoms with Crippen molar-refractivity contribution in [3.63, 3.8) is 0 Å². The number of halogens is 1. The van der Waals surface area contributed by atoms with Crippen molar-refractivity contribution < 1.29 is 28.6 Å². The maximum atomic E-state index is 16.1. The van der Waals surface area contributed by atoms with Crippen molar-refractivity contribution in [1.82, 2.24) is 0 Å². The molecule has 2 aliphatic heterocycles. The van der Waals surface area contributed by atoms with Crippen molar-refractivity contribution in [1.29, 1.82) is 0 Å². The molecule has 1 aliphatic carbocycles. The molecule has 2 N–H and O–H groups in total. The molecule has 0 bridgehead atoms. The molecule has 212 valence electrons. The van der Waals surface area contributed by atoms with E-state index in [9.17, 15) is 14.7 Å². The van der Waals surface area contributed by atoms with Gasteiger partial charge in [0.05, 0.1) is 11.7 Å². The topological polar surface area (TPSA) is 88.1 Å². The summed E-state index contributed by atoms with van der Waals surface area (Å²) in [5.74, 6) is -0.881. The summed E-state index contributed by atoms with van der Waals surface area (Å²) in [4.78, 5) is 29.5. The molecule has 1 unspecified atom stereocenters. The molecule has 1 saturated heterocycles. The molecule has 2 atom stereocenters. The first-order chi connectivity index (χ1) is 19.7. The average molecular weight is 557 g/mol. The highest BCUT2D eigenvalue weighted by molar-refractivity contribution is 6.08. The number of anilines is 2. The van der Waals surface area contributed by atoms with Crippen molar-refractivity contribution in [3.05, 3.63) is 94.9 Å². The number of rotatable bonds is 5. The second kappa shape index (κ2) is 10.7. The normalized spacial score (nSPS) is 21.5. The van der Waals surface area contributed by atoms with Crippen LogP contribution in [0.3, 0.4) is 0 Å². The van der Waals surface area contributed by atoms with Crippen molar-refractivity contribution in [3.8, 4) is 11.5 Å². The Morgan fingerprint density at radius 1 is 1.12 bits per heavy atom. The molecule has 2 heterocycles. The zero-order valence-corrected chi connectivity index (χ0v) is 23.2. The molecule has 7 nitrogen and oxygen atoms in total. The highest BCUT2D eigenvalue weighted by Crippen LogP contribution is 2.51. The number of carbonyl (C=O) groups excluding carboxylic acids is 2. The number of carbonyl (C=O) groups is 2. The fraction of sp³-hybridized carbons (Fsp3) is 0.333. The van der Waals surface area contributed by atoms with E-state index in [0.29, 0.717) is 47.8 Å². The molecule has 6 rings (SSSR count). The highest BCUT2D eigenvalue weighted by Gasteiger charge is 2.46. The summed E-state index contributed by atoms with van der Waals surface area (Å²) in [6.45, 7) is 4.71. The van der Waals surface area contributed by atoms with E-state index in [1.165, 1.54) is 17.0 Å². The van der Waals surface area contributed by atoms with Crippen molar-refractivity contribution in [2.45, 2.75) is 58.3 Å². The summed E-state index contributed by atoms with van der Waals surface area (Å²) < 4.78 is 27.8. The van der Waals surface area contributed by atoms with Gasteiger partial charge in [0, 0.05) is 35.9 Å². The van der Waals surface area contributed by atoms with E-state index in [2.05, 4.69) is 5.32 Å². The zero-order chi connectivity index (χ0) is 28.7. The van der Waals surface area contributed by atoms with Crippen LogP contribution in [-0.4, -0.2) is 29.5 Å². The first-order valence-electron chi connectivity index (χ1n) is 14.0. The van der Waals surface area contributed by atoms with E-state index in [4.69, 9.17) is 9.47 Å². The molecular weight excluding hydrogens is 523 g/mol. The number of hydrogen-bond acceptors (Lipinski definition) is 6. The van der Waals surface area contributed by atoms with E-state index in [1.807, 2.05) is 44.2 Å². The number of phenolic OH excluding ortho intramolecular Hbond substituents is 1. The third kappa shape index (κ3) is 5.20. The van der Waals surface area contributed by atoms with Gasteiger partial charge < -0.3 is 19.9 Å². The number of phenols is 1. The van der Waals surface area contributed by atoms with Crippen molar-refractivity contribution in [2.75, 3.05) is 16.8 Å². The summed E-state index contributed by atoms with van der Waals surface area (Å²) in [5, 5.41) is 14.2. The van der Waals surface area contributed by atoms with Gasteiger partial charge in [0.2, 0.25) is 0 Å². The van der Waals surface area contributed by atoms with Gasteiger partial charge in [0.1, 0.15) is 35.7 Å². The minimum Gasteiger partial charge on any atom is -0.506 e. The monoisotopic (exact) mass is 556 g/mol.